The SMILES string of the molecule is CC(NC(C)C1CCCC1)c1ccc2ccccc2c1. The number of benzene rings is 2. The minimum Gasteiger partial charge on any atom is -0.307 e. The zero-order valence-electron chi connectivity index (χ0n) is 12.6. The summed E-state index contributed by atoms with van der Waals surface area (Å²) in [4.78, 5) is 0. The summed E-state index contributed by atoms with van der Waals surface area (Å²) in [6.45, 7) is 4.64. The Morgan fingerprint density at radius 3 is 2.40 bits per heavy atom. The lowest BCUT2D eigenvalue weighted by molar-refractivity contribution is 0.353. The summed E-state index contributed by atoms with van der Waals surface area (Å²) in [6, 6.07) is 16.5. The van der Waals surface area contributed by atoms with E-state index in [9.17, 15) is 0 Å². The third-order valence-electron chi connectivity index (χ3n) is 4.89. The van der Waals surface area contributed by atoms with Crippen LogP contribution in [0.4, 0.5) is 0 Å². The molecule has 1 fully saturated rings. The third-order valence-corrected chi connectivity index (χ3v) is 4.89. The Morgan fingerprint density at radius 2 is 1.65 bits per heavy atom. The largest absolute Gasteiger partial charge is 0.307 e. The molecule has 0 heterocycles. The summed E-state index contributed by atoms with van der Waals surface area (Å²) in [7, 11) is 0. The lowest BCUT2D eigenvalue weighted by atomic mass is 9.97. The van der Waals surface area contributed by atoms with Crippen molar-refractivity contribution in [2.45, 2.75) is 51.6 Å². The van der Waals surface area contributed by atoms with Gasteiger partial charge in [0.2, 0.25) is 0 Å². The average Bonchev–Trinajstić information content (AvgIpc) is 3.01. The fourth-order valence-electron chi connectivity index (χ4n) is 3.56. The molecule has 106 valence electrons. The number of hydrogen-bond acceptors (Lipinski definition) is 1. The molecule has 3 rings (SSSR count). The molecule has 0 radical (unpaired) electrons. The minimum atomic E-state index is 0.426. The van der Waals surface area contributed by atoms with E-state index in [2.05, 4.69) is 61.6 Å². The Bertz CT molecular complexity index is 569. The second kappa shape index (κ2) is 5.97. The maximum Gasteiger partial charge on any atom is 0.0294 e. The molecule has 0 bridgehead atoms. The molecule has 1 nitrogen and oxygen atoms in total. The van der Waals surface area contributed by atoms with Gasteiger partial charge in [-0.2, -0.15) is 0 Å². The first-order chi connectivity index (χ1) is 9.74. The van der Waals surface area contributed by atoms with Gasteiger partial charge in [-0.3, -0.25) is 0 Å². The van der Waals surface area contributed by atoms with Gasteiger partial charge in [0.15, 0.2) is 0 Å². The van der Waals surface area contributed by atoms with E-state index in [0.29, 0.717) is 12.1 Å². The molecule has 2 unspecified atom stereocenters. The van der Waals surface area contributed by atoms with Gasteiger partial charge < -0.3 is 5.32 Å². The van der Waals surface area contributed by atoms with Crippen LogP contribution in [-0.4, -0.2) is 6.04 Å². The van der Waals surface area contributed by atoms with Crippen LogP contribution in [0.1, 0.15) is 51.1 Å². The molecule has 20 heavy (non-hydrogen) atoms. The predicted molar refractivity (Wildman–Crippen MR) is 86.9 cm³/mol. The molecular weight excluding hydrogens is 242 g/mol. The van der Waals surface area contributed by atoms with Crippen molar-refractivity contribution in [2.75, 3.05) is 0 Å². The van der Waals surface area contributed by atoms with E-state index in [4.69, 9.17) is 0 Å². The topological polar surface area (TPSA) is 12.0 Å². The summed E-state index contributed by atoms with van der Waals surface area (Å²) in [5, 5.41) is 6.47. The van der Waals surface area contributed by atoms with Crippen molar-refractivity contribution in [1.29, 1.82) is 0 Å². The molecule has 2 aromatic carbocycles. The molecule has 0 amide bonds. The molecule has 0 spiro atoms. The standard InChI is InChI=1S/C19H25N/c1-14(16-7-3-4-8-16)20-15(2)18-12-11-17-9-5-6-10-19(17)13-18/h5-6,9-16,20H,3-4,7-8H2,1-2H3. The van der Waals surface area contributed by atoms with Gasteiger partial charge in [-0.1, -0.05) is 49.2 Å². The average molecular weight is 267 g/mol. The molecule has 0 aliphatic heterocycles. The minimum absolute atomic E-state index is 0.426. The summed E-state index contributed by atoms with van der Waals surface area (Å²) < 4.78 is 0. The van der Waals surface area contributed by atoms with Crippen LogP contribution in [0.5, 0.6) is 0 Å². The van der Waals surface area contributed by atoms with E-state index in [1.165, 1.54) is 42.0 Å². The Labute approximate surface area is 122 Å². The van der Waals surface area contributed by atoms with Crippen molar-refractivity contribution in [3.05, 3.63) is 48.0 Å². The zero-order valence-corrected chi connectivity index (χ0v) is 12.6. The van der Waals surface area contributed by atoms with Crippen molar-refractivity contribution in [1.82, 2.24) is 5.32 Å². The number of fused-ring (bicyclic) bond motifs is 1. The monoisotopic (exact) mass is 267 g/mol. The molecule has 0 saturated heterocycles. The predicted octanol–water partition coefficient (Wildman–Crippen LogP) is 5.07. The molecule has 2 atom stereocenters. The Morgan fingerprint density at radius 1 is 0.950 bits per heavy atom. The molecule has 2 aromatic rings. The maximum absolute atomic E-state index is 3.80. The maximum atomic E-state index is 3.80. The Balaban J connectivity index is 1.72. The van der Waals surface area contributed by atoms with Gasteiger partial charge in [-0.05, 0) is 55.0 Å². The van der Waals surface area contributed by atoms with Crippen LogP contribution >= 0.6 is 0 Å². The van der Waals surface area contributed by atoms with Crippen molar-refractivity contribution in [2.24, 2.45) is 5.92 Å². The third kappa shape index (κ3) is 2.88. The van der Waals surface area contributed by atoms with E-state index >= 15 is 0 Å². The van der Waals surface area contributed by atoms with E-state index in [-0.39, 0.29) is 0 Å². The zero-order chi connectivity index (χ0) is 13.9. The highest BCUT2D eigenvalue weighted by Gasteiger charge is 2.22. The van der Waals surface area contributed by atoms with Crippen LogP contribution < -0.4 is 5.32 Å². The van der Waals surface area contributed by atoms with E-state index in [1.54, 1.807) is 0 Å². The lowest BCUT2D eigenvalue weighted by Gasteiger charge is -2.25. The van der Waals surface area contributed by atoms with Gasteiger partial charge in [0.1, 0.15) is 0 Å². The molecule has 0 aromatic heterocycles. The number of nitrogens with one attached hydrogen (secondary N) is 1. The summed E-state index contributed by atoms with van der Waals surface area (Å²) in [5.41, 5.74) is 1.40. The normalized spacial score (nSPS) is 19.3. The van der Waals surface area contributed by atoms with Crippen LogP contribution in [0.15, 0.2) is 42.5 Å². The second-order valence-corrected chi connectivity index (χ2v) is 6.33. The van der Waals surface area contributed by atoms with Gasteiger partial charge in [-0.25, -0.2) is 0 Å². The molecular formula is C19H25N. The first kappa shape index (κ1) is 13.6. The van der Waals surface area contributed by atoms with E-state index in [0.717, 1.165) is 5.92 Å². The molecule has 1 aliphatic carbocycles. The van der Waals surface area contributed by atoms with Gasteiger partial charge in [0.25, 0.3) is 0 Å². The highest BCUT2D eigenvalue weighted by molar-refractivity contribution is 5.83. The summed E-state index contributed by atoms with van der Waals surface area (Å²) in [6.07, 6.45) is 5.64. The summed E-state index contributed by atoms with van der Waals surface area (Å²) >= 11 is 0. The fraction of sp³-hybridized carbons (Fsp3) is 0.474. The van der Waals surface area contributed by atoms with Gasteiger partial charge in [-0.15, -0.1) is 0 Å². The quantitative estimate of drug-likeness (QED) is 0.815. The van der Waals surface area contributed by atoms with Crippen LogP contribution in [0.25, 0.3) is 10.8 Å². The van der Waals surface area contributed by atoms with Gasteiger partial charge in [0, 0.05) is 12.1 Å². The second-order valence-electron chi connectivity index (χ2n) is 6.33. The smallest absolute Gasteiger partial charge is 0.0294 e. The van der Waals surface area contributed by atoms with Crippen molar-refractivity contribution < 1.29 is 0 Å². The van der Waals surface area contributed by atoms with Crippen LogP contribution in [0.3, 0.4) is 0 Å². The van der Waals surface area contributed by atoms with Crippen molar-refractivity contribution in [3.63, 3.8) is 0 Å². The fourth-order valence-corrected chi connectivity index (χ4v) is 3.56. The van der Waals surface area contributed by atoms with E-state index < -0.39 is 0 Å². The Hall–Kier alpha value is -1.34. The van der Waals surface area contributed by atoms with Crippen LogP contribution in [-0.2, 0) is 0 Å². The number of rotatable bonds is 4. The van der Waals surface area contributed by atoms with Crippen LogP contribution in [0, 0.1) is 5.92 Å². The first-order valence-electron chi connectivity index (χ1n) is 7.99. The highest BCUT2D eigenvalue weighted by Crippen LogP contribution is 2.29. The van der Waals surface area contributed by atoms with Gasteiger partial charge >= 0.3 is 0 Å². The highest BCUT2D eigenvalue weighted by atomic mass is 14.9. The lowest BCUT2D eigenvalue weighted by Crippen LogP contribution is -2.34. The molecule has 1 aliphatic rings. The summed E-state index contributed by atoms with van der Waals surface area (Å²) in [5.74, 6) is 0.873. The Kier molecular flexibility index (Phi) is 4.07. The number of hydrogen-bond donors (Lipinski definition) is 1. The molecule has 1 heteroatoms. The molecule has 1 saturated carbocycles. The van der Waals surface area contributed by atoms with E-state index in [1.807, 2.05) is 0 Å². The van der Waals surface area contributed by atoms with Crippen LogP contribution in [0.2, 0.25) is 0 Å². The first-order valence-corrected chi connectivity index (χ1v) is 7.99. The molecule has 1 N–H and O–H groups in total. The van der Waals surface area contributed by atoms with Crippen molar-refractivity contribution >= 4 is 10.8 Å². The van der Waals surface area contributed by atoms with Crippen molar-refractivity contribution in [3.8, 4) is 0 Å². The van der Waals surface area contributed by atoms with Gasteiger partial charge in [0.05, 0.1) is 0 Å².